The van der Waals surface area contributed by atoms with Crippen LogP contribution in [0.4, 0.5) is 0 Å². The number of carbonyl (C=O) groups is 4. The zero-order valence-electron chi connectivity index (χ0n) is 15.9. The fourth-order valence-corrected chi connectivity index (χ4v) is 3.69. The van der Waals surface area contributed by atoms with Gasteiger partial charge < -0.3 is 29.3 Å². The molecule has 0 bridgehead atoms. The van der Waals surface area contributed by atoms with Gasteiger partial charge >= 0.3 is 35.0 Å². The predicted molar refractivity (Wildman–Crippen MR) is 90.7 cm³/mol. The van der Waals surface area contributed by atoms with E-state index in [4.69, 9.17) is 0 Å². The third kappa shape index (κ3) is 7.65. The first-order valence-electron chi connectivity index (χ1n) is 8.90. The molecule has 0 N–H and O–H groups in total. The molecule has 4 unspecified atom stereocenters. The first-order chi connectivity index (χ1) is 12.3. The van der Waals surface area contributed by atoms with E-state index in [9.17, 15) is 29.4 Å². The quantitative estimate of drug-likeness (QED) is 0.440. The molecule has 0 spiro atoms. The Balaban J connectivity index is 0.000000483. The van der Waals surface area contributed by atoms with Crippen molar-refractivity contribution < 1.29 is 38.9 Å². The molecule has 2 aliphatic carbocycles. The van der Waals surface area contributed by atoms with Gasteiger partial charge in [0.15, 0.2) is 0 Å². The van der Waals surface area contributed by atoms with Crippen LogP contribution >= 0.6 is 0 Å². The Kier molecular flexibility index (Phi) is 12.3. The summed E-state index contributed by atoms with van der Waals surface area (Å²) in [7, 11) is 2.56. The maximum Gasteiger partial charge on any atom is 2.00 e. The molecule has 8 nitrogen and oxygen atoms in total. The van der Waals surface area contributed by atoms with E-state index >= 15 is 0 Å². The number of carboxylic acid groups (broad SMARTS) is 2. The van der Waals surface area contributed by atoms with E-state index in [1.807, 2.05) is 0 Å². The van der Waals surface area contributed by atoms with Crippen LogP contribution < -0.4 is 10.2 Å². The molecule has 0 amide bonds. The van der Waals surface area contributed by atoms with Crippen LogP contribution in [0, 0.1) is 23.7 Å². The summed E-state index contributed by atoms with van der Waals surface area (Å²) in [6.07, 6.45) is 5.76. The number of ether oxygens (including phenoxy) is 2. The molecular weight excluding hydrogens is 368 g/mol. The third-order valence-corrected chi connectivity index (χ3v) is 5.15. The Morgan fingerprint density at radius 2 is 0.889 bits per heavy atom. The standard InChI is InChI=1S/2C9H14O4.Mg/c2*1-13-9(12)7-5-3-2-4-6(7)8(10)11;/h2*6-7H,2-5H2,1H3,(H,10,11);/q;;+2/p-2. The summed E-state index contributed by atoms with van der Waals surface area (Å²) < 4.78 is 9.08. The fraction of sp³-hybridized carbons (Fsp3) is 0.778. The zero-order valence-corrected chi connectivity index (χ0v) is 17.4. The van der Waals surface area contributed by atoms with Crippen molar-refractivity contribution in [3.05, 3.63) is 0 Å². The van der Waals surface area contributed by atoms with Gasteiger partial charge in [-0.05, 0) is 25.7 Å². The average Bonchev–Trinajstić information content (AvgIpc) is 2.67. The van der Waals surface area contributed by atoms with Crippen molar-refractivity contribution in [2.45, 2.75) is 51.4 Å². The maximum absolute atomic E-state index is 11.2. The van der Waals surface area contributed by atoms with Gasteiger partial charge in [0.1, 0.15) is 0 Å². The number of aliphatic carboxylic acids is 2. The molecule has 0 aromatic heterocycles. The minimum atomic E-state index is -1.13. The smallest absolute Gasteiger partial charge is 0.550 e. The largest absolute Gasteiger partial charge is 2.00 e. The third-order valence-electron chi connectivity index (χ3n) is 5.15. The summed E-state index contributed by atoms with van der Waals surface area (Å²) in [5, 5.41) is 21.3. The van der Waals surface area contributed by atoms with Crippen molar-refractivity contribution in [3.63, 3.8) is 0 Å². The van der Waals surface area contributed by atoms with E-state index in [1.165, 1.54) is 14.2 Å². The summed E-state index contributed by atoms with van der Waals surface area (Å²) >= 11 is 0. The summed E-state index contributed by atoms with van der Waals surface area (Å²) in [5.41, 5.74) is 0. The van der Waals surface area contributed by atoms with Crippen LogP contribution in [-0.2, 0) is 28.7 Å². The van der Waals surface area contributed by atoms with Gasteiger partial charge in [0.25, 0.3) is 0 Å². The van der Waals surface area contributed by atoms with Gasteiger partial charge in [-0.25, -0.2) is 0 Å². The Morgan fingerprint density at radius 1 is 0.630 bits per heavy atom. The predicted octanol–water partition coefficient (Wildman–Crippen LogP) is -0.949. The SMILES string of the molecule is COC(=O)C1CCCCC1C(=O)[O-].COC(=O)C1CCCCC1C(=O)[O-].[Mg+2]. The van der Waals surface area contributed by atoms with Gasteiger partial charge in [-0.15, -0.1) is 0 Å². The molecule has 9 heteroatoms. The second-order valence-corrected chi connectivity index (χ2v) is 6.68. The molecule has 148 valence electrons. The van der Waals surface area contributed by atoms with E-state index in [0.717, 1.165) is 25.7 Å². The second-order valence-electron chi connectivity index (χ2n) is 6.68. The molecule has 0 radical (unpaired) electrons. The zero-order chi connectivity index (χ0) is 19.7. The second kappa shape index (κ2) is 12.9. The van der Waals surface area contributed by atoms with E-state index in [-0.39, 0.29) is 23.1 Å². The molecule has 0 heterocycles. The molecular formula is C18H26MgO8. The van der Waals surface area contributed by atoms with Gasteiger partial charge in [-0.1, -0.05) is 25.7 Å². The van der Waals surface area contributed by atoms with Gasteiger partial charge in [0, 0.05) is 23.8 Å². The molecule has 0 aliphatic heterocycles. The molecule has 0 saturated heterocycles. The van der Waals surface area contributed by atoms with Crippen molar-refractivity contribution in [1.82, 2.24) is 0 Å². The molecule has 0 aromatic carbocycles. The van der Waals surface area contributed by atoms with Gasteiger partial charge in [-0.2, -0.15) is 0 Å². The summed E-state index contributed by atoms with van der Waals surface area (Å²) in [5.74, 6) is -5.40. The molecule has 27 heavy (non-hydrogen) atoms. The van der Waals surface area contributed by atoms with E-state index in [2.05, 4.69) is 9.47 Å². The summed E-state index contributed by atoms with van der Waals surface area (Å²) in [6.45, 7) is 0. The van der Waals surface area contributed by atoms with E-state index < -0.39 is 47.5 Å². The molecule has 2 fully saturated rings. The van der Waals surface area contributed by atoms with Crippen molar-refractivity contribution in [2.75, 3.05) is 14.2 Å². The maximum atomic E-state index is 11.2. The number of carboxylic acids is 2. The van der Waals surface area contributed by atoms with Crippen LogP contribution in [0.5, 0.6) is 0 Å². The van der Waals surface area contributed by atoms with Gasteiger partial charge in [0.05, 0.1) is 26.1 Å². The minimum absolute atomic E-state index is 0. The Labute approximate surface area is 175 Å². The number of rotatable bonds is 4. The number of methoxy groups -OCH3 is 2. The van der Waals surface area contributed by atoms with Gasteiger partial charge in [-0.3, -0.25) is 9.59 Å². The fourth-order valence-electron chi connectivity index (χ4n) is 3.69. The van der Waals surface area contributed by atoms with Crippen LogP contribution in [0.3, 0.4) is 0 Å². The van der Waals surface area contributed by atoms with Crippen LogP contribution in [0.2, 0.25) is 0 Å². The topological polar surface area (TPSA) is 133 Å². The van der Waals surface area contributed by atoms with Crippen molar-refractivity contribution in [2.24, 2.45) is 23.7 Å². The molecule has 2 rings (SSSR count). The first kappa shape index (κ1) is 25.6. The number of hydrogen-bond acceptors (Lipinski definition) is 8. The van der Waals surface area contributed by atoms with Crippen molar-refractivity contribution >= 4 is 46.9 Å². The van der Waals surface area contributed by atoms with Crippen LogP contribution in [0.25, 0.3) is 0 Å². The summed E-state index contributed by atoms with van der Waals surface area (Å²) in [4.78, 5) is 43.7. The van der Waals surface area contributed by atoms with Crippen molar-refractivity contribution in [3.8, 4) is 0 Å². The van der Waals surface area contributed by atoms with E-state index in [0.29, 0.717) is 25.7 Å². The van der Waals surface area contributed by atoms with Gasteiger partial charge in [0.2, 0.25) is 0 Å². The number of carbonyl (C=O) groups excluding carboxylic acids is 4. The monoisotopic (exact) mass is 394 g/mol. The van der Waals surface area contributed by atoms with Crippen LogP contribution in [-0.4, -0.2) is 61.1 Å². The van der Waals surface area contributed by atoms with E-state index in [1.54, 1.807) is 0 Å². The Hall–Kier alpha value is -1.35. The molecule has 4 atom stereocenters. The van der Waals surface area contributed by atoms with Crippen LogP contribution in [0.1, 0.15) is 51.4 Å². The minimum Gasteiger partial charge on any atom is -0.550 e. The Morgan fingerprint density at radius 3 is 1.11 bits per heavy atom. The van der Waals surface area contributed by atoms with Crippen molar-refractivity contribution in [1.29, 1.82) is 0 Å². The normalized spacial score (nSPS) is 27.0. The summed E-state index contributed by atoms with van der Waals surface area (Å²) in [6, 6.07) is 0. The molecule has 2 saturated carbocycles. The number of esters is 2. The first-order valence-corrected chi connectivity index (χ1v) is 8.90. The molecule has 2 aliphatic rings. The Bertz CT molecular complexity index is 475. The van der Waals surface area contributed by atoms with Crippen LogP contribution in [0.15, 0.2) is 0 Å². The average molecular weight is 395 g/mol. The molecule has 0 aromatic rings. The number of hydrogen-bond donors (Lipinski definition) is 0.